The Morgan fingerprint density at radius 1 is 0.567 bits per heavy atom. The van der Waals surface area contributed by atoms with E-state index >= 15 is 0 Å². The van der Waals surface area contributed by atoms with Crippen LogP contribution in [0, 0.1) is 29.1 Å². The highest BCUT2D eigenvalue weighted by atomic mass is 32.1. The molecular formula is C23H12F5NS. The average molecular weight is 429 g/mol. The molecule has 4 rings (SSSR count). The lowest BCUT2D eigenvalue weighted by molar-refractivity contribution is 0.381. The van der Waals surface area contributed by atoms with Gasteiger partial charge in [0.05, 0.1) is 0 Å². The highest BCUT2D eigenvalue weighted by molar-refractivity contribution is 7.17. The van der Waals surface area contributed by atoms with Gasteiger partial charge in [-0.05, 0) is 28.8 Å². The molecule has 0 saturated heterocycles. The molecule has 0 aliphatic rings. The van der Waals surface area contributed by atoms with E-state index in [4.69, 9.17) is 0 Å². The molecular weight excluding hydrogens is 417 g/mol. The van der Waals surface area contributed by atoms with E-state index in [9.17, 15) is 22.0 Å². The third-order valence-electron chi connectivity index (χ3n) is 4.41. The van der Waals surface area contributed by atoms with Gasteiger partial charge in [0.15, 0.2) is 23.3 Å². The number of nitrogens with zero attached hydrogens (tertiary/aromatic N) is 1. The maximum absolute atomic E-state index is 13.7. The lowest BCUT2D eigenvalue weighted by Crippen LogP contribution is -2.00. The number of hydrogen-bond donors (Lipinski definition) is 0. The highest BCUT2D eigenvalue weighted by Gasteiger charge is 2.25. The van der Waals surface area contributed by atoms with Gasteiger partial charge >= 0.3 is 0 Å². The van der Waals surface area contributed by atoms with E-state index in [1.807, 2.05) is 54.6 Å². The summed E-state index contributed by atoms with van der Waals surface area (Å²) in [6.07, 6.45) is 1.07. The fourth-order valence-corrected chi connectivity index (χ4v) is 3.76. The largest absolute Gasteiger partial charge is 0.249 e. The second kappa shape index (κ2) is 8.20. The van der Waals surface area contributed by atoms with Crippen molar-refractivity contribution in [1.82, 2.24) is 0 Å². The third-order valence-corrected chi connectivity index (χ3v) is 5.48. The molecule has 0 fully saturated rings. The molecule has 0 atom stereocenters. The van der Waals surface area contributed by atoms with Crippen LogP contribution in [0.3, 0.4) is 0 Å². The Hall–Kier alpha value is -3.32. The van der Waals surface area contributed by atoms with Crippen molar-refractivity contribution in [3.05, 3.63) is 101 Å². The van der Waals surface area contributed by atoms with Crippen LogP contribution in [-0.2, 0) is 0 Å². The van der Waals surface area contributed by atoms with E-state index in [2.05, 4.69) is 4.99 Å². The normalized spacial score (nSPS) is 11.4. The van der Waals surface area contributed by atoms with Crippen molar-refractivity contribution in [2.75, 3.05) is 0 Å². The standard InChI is InChI=1S/C23H12F5NS/c24-18-19(25)21(27)23(22(28)20(18)26)29-12-16-10-11-17(30-16)15-8-6-14(7-9-15)13-4-2-1-3-5-13/h1-12H. The molecule has 0 aliphatic heterocycles. The van der Waals surface area contributed by atoms with Gasteiger partial charge in [0, 0.05) is 16.0 Å². The van der Waals surface area contributed by atoms with E-state index in [1.54, 1.807) is 12.1 Å². The zero-order valence-corrected chi connectivity index (χ0v) is 16.0. The molecule has 0 N–H and O–H groups in total. The van der Waals surface area contributed by atoms with Crippen LogP contribution in [-0.4, -0.2) is 6.21 Å². The monoisotopic (exact) mass is 429 g/mol. The molecule has 150 valence electrons. The predicted octanol–water partition coefficient (Wildman–Crippen LogP) is 7.53. The van der Waals surface area contributed by atoms with Crippen LogP contribution in [0.1, 0.15) is 4.88 Å². The maximum atomic E-state index is 13.7. The Balaban J connectivity index is 1.58. The molecule has 1 heterocycles. The number of hydrogen-bond acceptors (Lipinski definition) is 2. The van der Waals surface area contributed by atoms with Gasteiger partial charge in [0.25, 0.3) is 0 Å². The van der Waals surface area contributed by atoms with Crippen LogP contribution in [0.2, 0.25) is 0 Å². The topological polar surface area (TPSA) is 12.4 Å². The summed E-state index contributed by atoms with van der Waals surface area (Å²) in [5.74, 6) is -10.2. The smallest absolute Gasteiger partial charge is 0.200 e. The molecule has 0 amide bonds. The molecule has 3 aromatic carbocycles. The molecule has 1 aromatic heterocycles. The Bertz CT molecular complexity index is 1200. The second-order valence-corrected chi connectivity index (χ2v) is 7.44. The van der Waals surface area contributed by atoms with E-state index < -0.39 is 34.8 Å². The van der Waals surface area contributed by atoms with E-state index in [1.165, 1.54) is 11.3 Å². The van der Waals surface area contributed by atoms with E-state index in [0.717, 1.165) is 27.8 Å². The molecule has 0 radical (unpaired) electrons. The lowest BCUT2D eigenvalue weighted by Gasteiger charge is -2.03. The van der Waals surface area contributed by atoms with Gasteiger partial charge in [-0.1, -0.05) is 54.6 Å². The summed E-state index contributed by atoms with van der Waals surface area (Å²) in [7, 11) is 0. The number of halogens is 5. The SMILES string of the molecule is Fc1c(F)c(F)c(N=Cc2ccc(-c3ccc(-c4ccccc4)cc3)s2)c(F)c1F. The number of thiophene rings is 1. The van der Waals surface area contributed by atoms with Crippen LogP contribution < -0.4 is 0 Å². The third kappa shape index (κ3) is 3.76. The highest BCUT2D eigenvalue weighted by Crippen LogP contribution is 2.32. The van der Waals surface area contributed by atoms with Crippen LogP contribution in [0.5, 0.6) is 0 Å². The quantitative estimate of drug-likeness (QED) is 0.138. The van der Waals surface area contributed by atoms with Gasteiger partial charge in [-0.3, -0.25) is 0 Å². The van der Waals surface area contributed by atoms with Crippen molar-refractivity contribution in [2.24, 2.45) is 4.99 Å². The molecule has 0 spiro atoms. The summed E-state index contributed by atoms with van der Waals surface area (Å²) in [6, 6.07) is 21.2. The van der Waals surface area contributed by atoms with Gasteiger partial charge in [-0.2, -0.15) is 0 Å². The Morgan fingerprint density at radius 3 is 1.73 bits per heavy atom. The number of rotatable bonds is 4. The van der Waals surface area contributed by atoms with E-state index in [-0.39, 0.29) is 0 Å². The fraction of sp³-hybridized carbons (Fsp3) is 0. The molecule has 30 heavy (non-hydrogen) atoms. The van der Waals surface area contributed by atoms with Crippen molar-refractivity contribution in [2.45, 2.75) is 0 Å². The summed E-state index contributed by atoms with van der Waals surface area (Å²) in [4.78, 5) is 4.86. The minimum absolute atomic E-state index is 0.501. The first kappa shape index (κ1) is 20.0. The van der Waals surface area contributed by atoms with E-state index in [0.29, 0.717) is 4.88 Å². The Kier molecular flexibility index (Phi) is 5.46. The van der Waals surface area contributed by atoms with Gasteiger partial charge in [0.2, 0.25) is 5.82 Å². The van der Waals surface area contributed by atoms with Gasteiger partial charge < -0.3 is 0 Å². The summed E-state index contributed by atoms with van der Waals surface area (Å²) >= 11 is 1.27. The summed E-state index contributed by atoms with van der Waals surface area (Å²) in [6.45, 7) is 0. The first-order valence-corrected chi connectivity index (χ1v) is 9.58. The van der Waals surface area contributed by atoms with Crippen molar-refractivity contribution >= 4 is 23.2 Å². The van der Waals surface area contributed by atoms with Crippen molar-refractivity contribution in [3.8, 4) is 21.6 Å². The van der Waals surface area contributed by atoms with Gasteiger partial charge in [-0.25, -0.2) is 26.9 Å². The minimum atomic E-state index is -2.21. The number of aliphatic imine (C=N–C) groups is 1. The average Bonchev–Trinajstić information content (AvgIpc) is 3.26. The first-order valence-electron chi connectivity index (χ1n) is 8.77. The van der Waals surface area contributed by atoms with Crippen LogP contribution in [0.15, 0.2) is 71.7 Å². The van der Waals surface area contributed by atoms with Crippen LogP contribution in [0.25, 0.3) is 21.6 Å². The maximum Gasteiger partial charge on any atom is 0.200 e. The zero-order valence-electron chi connectivity index (χ0n) is 15.2. The molecule has 1 nitrogen and oxygen atoms in total. The second-order valence-electron chi connectivity index (χ2n) is 6.32. The molecule has 0 aliphatic carbocycles. The Morgan fingerprint density at radius 2 is 1.10 bits per heavy atom. The summed E-state index contributed by atoms with van der Waals surface area (Å²) < 4.78 is 67.1. The molecule has 4 aromatic rings. The first-order chi connectivity index (χ1) is 14.5. The van der Waals surface area contributed by atoms with Gasteiger partial charge in [0.1, 0.15) is 5.69 Å². The Labute approximate surface area is 172 Å². The van der Waals surface area contributed by atoms with Crippen molar-refractivity contribution in [3.63, 3.8) is 0 Å². The minimum Gasteiger partial charge on any atom is -0.249 e. The van der Waals surface area contributed by atoms with Crippen molar-refractivity contribution < 1.29 is 22.0 Å². The van der Waals surface area contributed by atoms with Crippen LogP contribution >= 0.6 is 11.3 Å². The predicted molar refractivity (Wildman–Crippen MR) is 109 cm³/mol. The molecule has 0 unspecified atom stereocenters. The molecule has 0 saturated carbocycles. The fourth-order valence-electron chi connectivity index (χ4n) is 2.87. The lowest BCUT2D eigenvalue weighted by atomic mass is 10.0. The zero-order chi connectivity index (χ0) is 21.3. The molecule has 0 bridgehead atoms. The summed E-state index contributed by atoms with van der Waals surface area (Å²) in [5, 5.41) is 0. The van der Waals surface area contributed by atoms with Crippen LogP contribution in [0.4, 0.5) is 27.6 Å². The summed E-state index contributed by atoms with van der Waals surface area (Å²) in [5.41, 5.74) is 1.86. The number of benzene rings is 3. The molecule has 7 heteroatoms. The van der Waals surface area contributed by atoms with Gasteiger partial charge in [-0.15, -0.1) is 11.3 Å². The van der Waals surface area contributed by atoms with Crippen molar-refractivity contribution in [1.29, 1.82) is 0 Å².